The summed E-state index contributed by atoms with van der Waals surface area (Å²) in [6.07, 6.45) is 4.59. The van der Waals surface area contributed by atoms with Gasteiger partial charge >= 0.3 is 0 Å². The van der Waals surface area contributed by atoms with Crippen LogP contribution in [0.1, 0.15) is 58.3 Å². The first-order chi connectivity index (χ1) is 17.6. The Morgan fingerprint density at radius 3 is 2.51 bits per heavy atom. The Labute approximate surface area is 217 Å². The van der Waals surface area contributed by atoms with Crippen molar-refractivity contribution < 1.29 is 22.5 Å². The van der Waals surface area contributed by atoms with Crippen molar-refractivity contribution in [2.24, 2.45) is 5.92 Å². The van der Waals surface area contributed by atoms with Crippen molar-refractivity contribution in [3.05, 3.63) is 76.2 Å². The van der Waals surface area contributed by atoms with Crippen LogP contribution >= 0.6 is 0 Å². The summed E-state index contributed by atoms with van der Waals surface area (Å²) < 4.78 is 34.1. The molecule has 1 saturated heterocycles. The molecule has 0 radical (unpaired) electrons. The largest absolute Gasteiger partial charge is 0.355 e. The van der Waals surface area contributed by atoms with Gasteiger partial charge < -0.3 is 9.84 Å². The monoisotopic (exact) mass is 521 g/mol. The zero-order valence-corrected chi connectivity index (χ0v) is 22.3. The number of carbonyl (C=O) groups is 2. The third kappa shape index (κ3) is 5.89. The fourth-order valence-corrected chi connectivity index (χ4v) is 6.21. The van der Waals surface area contributed by atoms with E-state index in [-0.39, 0.29) is 34.6 Å². The zero-order valence-electron chi connectivity index (χ0n) is 21.4. The third-order valence-electron chi connectivity index (χ3n) is 6.59. The quantitative estimate of drug-likeness (QED) is 0.438. The van der Waals surface area contributed by atoms with E-state index in [0.29, 0.717) is 30.6 Å². The number of nitrogens with zero attached hydrogens (tertiary/aromatic N) is 2. The van der Waals surface area contributed by atoms with Gasteiger partial charge in [-0.1, -0.05) is 35.0 Å². The van der Waals surface area contributed by atoms with E-state index in [4.69, 9.17) is 4.52 Å². The molecule has 2 aromatic carbocycles. The van der Waals surface area contributed by atoms with Crippen LogP contribution in [0.25, 0.3) is 12.2 Å². The number of sulfonamides is 1. The molecular weight excluding hydrogens is 490 g/mol. The predicted octanol–water partition coefficient (Wildman–Crippen LogP) is 5.01. The lowest BCUT2D eigenvalue weighted by atomic mass is 9.98. The van der Waals surface area contributed by atoms with Gasteiger partial charge in [-0.2, -0.15) is 4.31 Å². The molecule has 1 amide bonds. The molecule has 0 saturated carbocycles. The lowest BCUT2D eigenvalue weighted by Gasteiger charge is -2.31. The summed E-state index contributed by atoms with van der Waals surface area (Å²) in [7, 11) is -3.95. The van der Waals surface area contributed by atoms with Gasteiger partial charge in [0.15, 0.2) is 16.4 Å². The SMILES string of the molecule is CC(=O)c1ccc(NC(=O)C2CCCN(S(=O)(=O)c3c(C)noc3C=Cc3cc(C)ccc3C)C2)cc1. The smallest absolute Gasteiger partial charge is 0.248 e. The van der Waals surface area contributed by atoms with E-state index in [2.05, 4.69) is 10.5 Å². The molecule has 37 heavy (non-hydrogen) atoms. The van der Waals surface area contributed by atoms with Crippen LogP contribution in [0, 0.1) is 26.7 Å². The first-order valence-corrected chi connectivity index (χ1v) is 13.6. The van der Waals surface area contributed by atoms with Gasteiger partial charge in [-0.05, 0) is 82.0 Å². The second-order valence-corrected chi connectivity index (χ2v) is 11.4. The number of aryl methyl sites for hydroxylation is 3. The Balaban J connectivity index is 1.52. The molecule has 1 aromatic heterocycles. The summed E-state index contributed by atoms with van der Waals surface area (Å²) in [4.78, 5) is 24.5. The molecule has 1 fully saturated rings. The van der Waals surface area contributed by atoms with Crippen molar-refractivity contribution in [1.82, 2.24) is 9.46 Å². The van der Waals surface area contributed by atoms with Gasteiger partial charge in [0.05, 0.1) is 5.92 Å². The maximum atomic E-state index is 13.7. The van der Waals surface area contributed by atoms with E-state index in [0.717, 1.165) is 16.7 Å². The highest BCUT2D eigenvalue weighted by atomic mass is 32.2. The number of ketones is 1. The first kappa shape index (κ1) is 26.5. The minimum Gasteiger partial charge on any atom is -0.355 e. The van der Waals surface area contributed by atoms with Gasteiger partial charge in [0.1, 0.15) is 5.69 Å². The van der Waals surface area contributed by atoms with E-state index in [1.165, 1.54) is 11.2 Å². The molecule has 4 rings (SSSR count). The molecule has 9 heteroatoms. The number of hydrogen-bond donors (Lipinski definition) is 1. The molecule has 1 aliphatic heterocycles. The van der Waals surface area contributed by atoms with Gasteiger partial charge in [0.2, 0.25) is 15.9 Å². The van der Waals surface area contributed by atoms with Gasteiger partial charge in [0.25, 0.3) is 0 Å². The minimum absolute atomic E-state index is 0.0231. The maximum absolute atomic E-state index is 13.7. The van der Waals surface area contributed by atoms with E-state index < -0.39 is 15.9 Å². The lowest BCUT2D eigenvalue weighted by Crippen LogP contribution is -2.43. The molecule has 1 unspecified atom stereocenters. The fraction of sp³-hybridized carbons (Fsp3) is 0.321. The highest BCUT2D eigenvalue weighted by Crippen LogP contribution is 2.30. The molecule has 2 heterocycles. The minimum atomic E-state index is -3.95. The molecule has 194 valence electrons. The van der Waals surface area contributed by atoms with Crippen molar-refractivity contribution in [2.45, 2.75) is 45.4 Å². The fourth-order valence-electron chi connectivity index (χ4n) is 4.44. The number of rotatable bonds is 7. The van der Waals surface area contributed by atoms with Crippen molar-refractivity contribution in [2.75, 3.05) is 18.4 Å². The highest BCUT2D eigenvalue weighted by molar-refractivity contribution is 7.89. The van der Waals surface area contributed by atoms with Crippen LogP contribution < -0.4 is 5.32 Å². The average molecular weight is 522 g/mol. The summed E-state index contributed by atoms with van der Waals surface area (Å²) in [5, 5.41) is 6.77. The van der Waals surface area contributed by atoms with E-state index in [1.54, 1.807) is 37.3 Å². The summed E-state index contributed by atoms with van der Waals surface area (Å²) in [5.41, 5.74) is 4.51. The predicted molar refractivity (Wildman–Crippen MR) is 143 cm³/mol. The third-order valence-corrected chi connectivity index (χ3v) is 8.62. The Morgan fingerprint density at radius 1 is 1.08 bits per heavy atom. The number of benzene rings is 2. The summed E-state index contributed by atoms with van der Waals surface area (Å²) >= 11 is 0. The van der Waals surface area contributed by atoms with Gasteiger partial charge in [-0.25, -0.2) is 8.42 Å². The van der Waals surface area contributed by atoms with Crippen LogP contribution in [-0.4, -0.2) is 42.7 Å². The second-order valence-electron chi connectivity index (χ2n) is 9.48. The van der Waals surface area contributed by atoms with E-state index >= 15 is 0 Å². The summed E-state index contributed by atoms with van der Waals surface area (Å²) in [6.45, 7) is 7.43. The van der Waals surface area contributed by atoms with Crippen LogP contribution in [-0.2, 0) is 14.8 Å². The van der Waals surface area contributed by atoms with Crippen molar-refractivity contribution >= 4 is 39.6 Å². The number of hydrogen-bond acceptors (Lipinski definition) is 6. The van der Waals surface area contributed by atoms with Crippen molar-refractivity contribution in [3.63, 3.8) is 0 Å². The van der Waals surface area contributed by atoms with Crippen LogP contribution in [0.2, 0.25) is 0 Å². The van der Waals surface area contributed by atoms with E-state index in [9.17, 15) is 18.0 Å². The van der Waals surface area contributed by atoms with Gasteiger partial charge in [-0.15, -0.1) is 0 Å². The molecule has 0 aliphatic carbocycles. The second kappa shape index (κ2) is 10.8. The number of nitrogens with one attached hydrogen (secondary N) is 1. The molecule has 3 aromatic rings. The van der Waals surface area contributed by atoms with Gasteiger partial charge in [-0.3, -0.25) is 9.59 Å². The molecule has 1 N–H and O–H groups in total. The normalized spacial score (nSPS) is 16.7. The molecule has 1 aliphatic rings. The van der Waals surface area contributed by atoms with Crippen LogP contribution in [0.15, 0.2) is 51.9 Å². The number of aromatic nitrogens is 1. The van der Waals surface area contributed by atoms with Crippen molar-refractivity contribution in [3.8, 4) is 0 Å². The molecular formula is C28H31N3O5S. The molecule has 0 spiro atoms. The van der Waals surface area contributed by atoms with Crippen LogP contribution in [0.3, 0.4) is 0 Å². The standard InChI is InChI=1S/C28H31N3O5S/c1-18-7-8-19(2)23(16-18)11-14-26-27(20(3)30-36-26)37(34,35)31-15-5-6-24(17-31)28(33)29-25-12-9-22(10-13-25)21(4)32/h7-14,16,24H,5-6,15,17H2,1-4H3,(H,29,33). The topological polar surface area (TPSA) is 110 Å². The van der Waals surface area contributed by atoms with E-state index in [1.807, 2.05) is 38.1 Å². The number of carbonyl (C=O) groups excluding carboxylic acids is 2. The Hall–Kier alpha value is -3.56. The average Bonchev–Trinajstić information content (AvgIpc) is 3.26. The number of Topliss-reactive ketones (excluding diaryl/α,β-unsaturated/α-hetero) is 1. The van der Waals surface area contributed by atoms with Crippen LogP contribution in [0.4, 0.5) is 5.69 Å². The molecule has 0 bridgehead atoms. The summed E-state index contributed by atoms with van der Waals surface area (Å²) in [6, 6.07) is 12.7. The van der Waals surface area contributed by atoms with Crippen LogP contribution in [0.5, 0.6) is 0 Å². The highest BCUT2D eigenvalue weighted by Gasteiger charge is 2.37. The molecule has 1 atom stereocenters. The summed E-state index contributed by atoms with van der Waals surface area (Å²) in [5.74, 6) is -0.661. The maximum Gasteiger partial charge on any atom is 0.248 e. The van der Waals surface area contributed by atoms with Crippen molar-refractivity contribution in [1.29, 1.82) is 0 Å². The Bertz CT molecular complexity index is 1460. The lowest BCUT2D eigenvalue weighted by molar-refractivity contribution is -0.120. The number of anilines is 1. The zero-order chi connectivity index (χ0) is 26.7. The Kier molecular flexibility index (Phi) is 7.75. The van der Waals surface area contributed by atoms with Gasteiger partial charge in [0, 0.05) is 24.3 Å². The Morgan fingerprint density at radius 2 is 1.81 bits per heavy atom. The first-order valence-electron chi connectivity index (χ1n) is 12.2. The molecule has 8 nitrogen and oxygen atoms in total. The number of piperidine rings is 1. The number of amides is 1.